The molecule has 1 atom stereocenters. The number of hydrogen-bond donors (Lipinski definition) is 1. The van der Waals surface area contributed by atoms with Gasteiger partial charge in [-0.25, -0.2) is 4.39 Å². The molecule has 0 fully saturated rings. The molecule has 0 saturated heterocycles. The van der Waals surface area contributed by atoms with Crippen LogP contribution in [-0.2, 0) is 0 Å². The lowest BCUT2D eigenvalue weighted by molar-refractivity contribution is 0.573. The summed E-state index contributed by atoms with van der Waals surface area (Å²) < 4.78 is 17.5. The highest BCUT2D eigenvalue weighted by molar-refractivity contribution is 7.03. The van der Waals surface area contributed by atoms with Crippen LogP contribution in [0.25, 0.3) is 0 Å². The molecule has 1 aromatic heterocycles. The highest BCUT2D eigenvalue weighted by atomic mass is 32.1. The summed E-state index contributed by atoms with van der Waals surface area (Å²) >= 11 is 1.31. The maximum Gasteiger partial charge on any atom is 0.126 e. The van der Waals surface area contributed by atoms with Crippen molar-refractivity contribution in [2.24, 2.45) is 0 Å². The Bertz CT molecular complexity index is 499. The van der Waals surface area contributed by atoms with Crippen LogP contribution in [0, 0.1) is 12.7 Å². The lowest BCUT2D eigenvalue weighted by Gasteiger charge is -2.17. The first-order valence-corrected chi connectivity index (χ1v) is 6.82. The molecule has 1 unspecified atom stereocenters. The van der Waals surface area contributed by atoms with E-state index in [1.54, 1.807) is 19.1 Å². The van der Waals surface area contributed by atoms with Gasteiger partial charge in [-0.15, -0.1) is 5.10 Å². The first-order valence-electron chi connectivity index (χ1n) is 5.98. The number of benzene rings is 1. The van der Waals surface area contributed by atoms with Crippen molar-refractivity contribution in [3.63, 3.8) is 0 Å². The molecule has 1 N–H and O–H groups in total. The quantitative estimate of drug-likeness (QED) is 0.902. The first kappa shape index (κ1) is 13.1. The second-order valence-corrected chi connectivity index (χ2v) is 4.84. The number of aryl methyl sites for hydroxylation is 1. The minimum Gasteiger partial charge on any atom is -0.305 e. The predicted molar refractivity (Wildman–Crippen MR) is 71.2 cm³/mol. The average Bonchev–Trinajstić information content (AvgIpc) is 2.88. The van der Waals surface area contributed by atoms with E-state index < -0.39 is 0 Å². The summed E-state index contributed by atoms with van der Waals surface area (Å²) in [7, 11) is 0. The van der Waals surface area contributed by atoms with Crippen molar-refractivity contribution in [3.05, 3.63) is 46.2 Å². The molecule has 1 aromatic carbocycles. The zero-order valence-corrected chi connectivity index (χ0v) is 11.3. The molecule has 18 heavy (non-hydrogen) atoms. The summed E-state index contributed by atoms with van der Waals surface area (Å²) in [4.78, 5) is 0. The van der Waals surface area contributed by atoms with Gasteiger partial charge in [0.05, 0.1) is 11.7 Å². The van der Waals surface area contributed by atoms with E-state index in [1.807, 2.05) is 11.4 Å². The average molecular weight is 265 g/mol. The number of nitrogens with zero attached hydrogens (tertiary/aromatic N) is 2. The monoisotopic (exact) mass is 265 g/mol. The number of nitrogens with one attached hydrogen (secondary N) is 1. The van der Waals surface area contributed by atoms with Crippen LogP contribution in [-0.4, -0.2) is 16.1 Å². The fraction of sp³-hybridized carbons (Fsp3) is 0.385. The van der Waals surface area contributed by atoms with Crippen molar-refractivity contribution in [3.8, 4) is 0 Å². The molecular weight excluding hydrogens is 249 g/mol. The Morgan fingerprint density at radius 2 is 2.28 bits per heavy atom. The van der Waals surface area contributed by atoms with Crippen LogP contribution < -0.4 is 5.32 Å². The summed E-state index contributed by atoms with van der Waals surface area (Å²) in [6.07, 6.45) is 1.02. The third-order valence-corrected chi connectivity index (χ3v) is 3.32. The Morgan fingerprint density at radius 1 is 1.44 bits per heavy atom. The third kappa shape index (κ3) is 2.91. The van der Waals surface area contributed by atoms with Gasteiger partial charge < -0.3 is 5.32 Å². The Kier molecular flexibility index (Phi) is 4.38. The molecule has 0 saturated carbocycles. The third-order valence-electron chi connectivity index (χ3n) is 2.80. The van der Waals surface area contributed by atoms with E-state index in [4.69, 9.17) is 0 Å². The van der Waals surface area contributed by atoms with Crippen LogP contribution in [0.4, 0.5) is 4.39 Å². The van der Waals surface area contributed by atoms with Crippen LogP contribution in [0.5, 0.6) is 0 Å². The molecule has 0 bridgehead atoms. The SMILES string of the molecule is CCCNC(c1ccc(C)c(F)c1)c1csnn1. The van der Waals surface area contributed by atoms with Crippen molar-refractivity contribution >= 4 is 11.5 Å². The van der Waals surface area contributed by atoms with Crippen LogP contribution >= 0.6 is 11.5 Å². The van der Waals surface area contributed by atoms with Crippen molar-refractivity contribution in [2.75, 3.05) is 6.54 Å². The molecule has 3 nitrogen and oxygen atoms in total. The fourth-order valence-electron chi connectivity index (χ4n) is 1.77. The lowest BCUT2D eigenvalue weighted by Crippen LogP contribution is -2.23. The molecular formula is C13H16FN3S. The van der Waals surface area contributed by atoms with E-state index in [0.717, 1.165) is 24.2 Å². The number of halogens is 1. The lowest BCUT2D eigenvalue weighted by atomic mass is 10.0. The maximum atomic E-state index is 13.6. The van der Waals surface area contributed by atoms with Crippen molar-refractivity contribution < 1.29 is 4.39 Å². The maximum absolute atomic E-state index is 13.6. The summed E-state index contributed by atoms with van der Waals surface area (Å²) in [5, 5.41) is 9.35. The fourth-order valence-corrected chi connectivity index (χ4v) is 2.25. The smallest absolute Gasteiger partial charge is 0.126 e. The summed E-state index contributed by atoms with van der Waals surface area (Å²) in [5.74, 6) is -0.181. The Hall–Kier alpha value is -1.33. The Morgan fingerprint density at radius 3 is 2.89 bits per heavy atom. The van der Waals surface area contributed by atoms with Gasteiger partial charge in [-0.3, -0.25) is 0 Å². The summed E-state index contributed by atoms with van der Waals surface area (Å²) in [5.41, 5.74) is 2.39. The summed E-state index contributed by atoms with van der Waals surface area (Å²) in [6, 6.07) is 5.22. The first-order chi connectivity index (χ1) is 8.72. The van der Waals surface area contributed by atoms with Crippen molar-refractivity contribution in [1.82, 2.24) is 14.9 Å². The van der Waals surface area contributed by atoms with Crippen LogP contribution in [0.1, 0.15) is 36.2 Å². The Labute approximate surface area is 110 Å². The van der Waals surface area contributed by atoms with Crippen molar-refractivity contribution in [1.29, 1.82) is 0 Å². The molecule has 2 aromatic rings. The van der Waals surface area contributed by atoms with E-state index in [2.05, 4.69) is 21.8 Å². The molecule has 1 heterocycles. The van der Waals surface area contributed by atoms with Gasteiger partial charge in [-0.05, 0) is 48.6 Å². The molecule has 0 radical (unpaired) electrons. The van der Waals surface area contributed by atoms with Gasteiger partial charge in [0.25, 0.3) is 0 Å². The van der Waals surface area contributed by atoms with Gasteiger partial charge in [-0.2, -0.15) is 0 Å². The van der Waals surface area contributed by atoms with E-state index in [1.165, 1.54) is 11.5 Å². The van der Waals surface area contributed by atoms with Crippen LogP contribution in [0.2, 0.25) is 0 Å². The van der Waals surface area contributed by atoms with E-state index in [-0.39, 0.29) is 11.9 Å². The summed E-state index contributed by atoms with van der Waals surface area (Å²) in [6.45, 7) is 4.72. The standard InChI is InChI=1S/C13H16FN3S/c1-3-6-15-13(12-8-18-17-16-12)10-5-4-9(2)11(14)7-10/h4-5,7-8,13,15H,3,6H2,1-2H3. The molecule has 96 valence electrons. The van der Waals surface area contributed by atoms with E-state index >= 15 is 0 Å². The normalized spacial score (nSPS) is 12.6. The van der Waals surface area contributed by atoms with Gasteiger partial charge in [0.2, 0.25) is 0 Å². The molecule has 0 spiro atoms. The number of hydrogen-bond acceptors (Lipinski definition) is 4. The zero-order chi connectivity index (χ0) is 13.0. The molecule has 2 rings (SSSR count). The van der Waals surface area contributed by atoms with Gasteiger partial charge in [0.1, 0.15) is 5.82 Å². The second kappa shape index (κ2) is 6.02. The second-order valence-electron chi connectivity index (χ2n) is 4.23. The van der Waals surface area contributed by atoms with Gasteiger partial charge in [0.15, 0.2) is 0 Å². The number of aromatic nitrogens is 2. The van der Waals surface area contributed by atoms with Gasteiger partial charge >= 0.3 is 0 Å². The topological polar surface area (TPSA) is 37.8 Å². The van der Waals surface area contributed by atoms with Gasteiger partial charge in [0, 0.05) is 5.38 Å². The zero-order valence-electron chi connectivity index (χ0n) is 10.5. The predicted octanol–water partition coefficient (Wildman–Crippen LogP) is 3.07. The minimum atomic E-state index is -0.181. The van der Waals surface area contributed by atoms with Crippen LogP contribution in [0.3, 0.4) is 0 Å². The highest BCUT2D eigenvalue weighted by Gasteiger charge is 2.16. The molecule has 0 amide bonds. The van der Waals surface area contributed by atoms with Crippen LogP contribution in [0.15, 0.2) is 23.6 Å². The van der Waals surface area contributed by atoms with Crippen molar-refractivity contribution in [2.45, 2.75) is 26.3 Å². The minimum absolute atomic E-state index is 0.0844. The highest BCUT2D eigenvalue weighted by Crippen LogP contribution is 2.22. The molecule has 0 aliphatic heterocycles. The van der Waals surface area contributed by atoms with E-state index in [9.17, 15) is 4.39 Å². The Balaban J connectivity index is 2.30. The molecule has 0 aliphatic rings. The largest absolute Gasteiger partial charge is 0.305 e. The van der Waals surface area contributed by atoms with Gasteiger partial charge in [-0.1, -0.05) is 23.5 Å². The molecule has 5 heteroatoms. The van der Waals surface area contributed by atoms with E-state index in [0.29, 0.717) is 5.56 Å². The number of rotatable bonds is 5. The molecule has 0 aliphatic carbocycles.